The van der Waals surface area contributed by atoms with Gasteiger partial charge in [0.05, 0.1) is 10.7 Å². The zero-order valence-corrected chi connectivity index (χ0v) is 13.6. The highest BCUT2D eigenvalue weighted by Gasteiger charge is 2.10. The first kappa shape index (κ1) is 15.8. The molecule has 5 nitrogen and oxygen atoms in total. The molecule has 0 fully saturated rings. The van der Waals surface area contributed by atoms with E-state index in [2.05, 4.69) is 36.5 Å². The van der Waals surface area contributed by atoms with Gasteiger partial charge in [-0.15, -0.1) is 0 Å². The first-order valence-corrected chi connectivity index (χ1v) is 7.46. The molecule has 0 aliphatic carbocycles. The predicted molar refractivity (Wildman–Crippen MR) is 87.6 cm³/mol. The summed E-state index contributed by atoms with van der Waals surface area (Å²) in [5, 5.41) is 6.37. The van der Waals surface area contributed by atoms with Crippen LogP contribution in [-0.2, 0) is 0 Å². The van der Waals surface area contributed by atoms with E-state index in [1.807, 2.05) is 6.92 Å². The van der Waals surface area contributed by atoms with Crippen LogP contribution in [0.1, 0.15) is 13.3 Å². The summed E-state index contributed by atoms with van der Waals surface area (Å²) in [7, 11) is 0. The lowest BCUT2D eigenvalue weighted by Gasteiger charge is -2.12. The van der Waals surface area contributed by atoms with Crippen LogP contribution in [-0.4, -0.2) is 16.5 Å². The molecular formula is C13H14BrClFN5. The second-order valence-corrected chi connectivity index (χ2v) is 5.55. The normalized spacial score (nSPS) is 10.5. The predicted octanol–water partition coefficient (Wildman–Crippen LogP) is 4.18. The summed E-state index contributed by atoms with van der Waals surface area (Å²) >= 11 is 9.28. The summed E-state index contributed by atoms with van der Waals surface area (Å²) in [6, 6.07) is 4.24. The Hall–Kier alpha value is -1.60. The fraction of sp³-hybridized carbons (Fsp3) is 0.231. The number of nitrogens with zero attached hydrogens (tertiary/aromatic N) is 2. The average molecular weight is 375 g/mol. The summed E-state index contributed by atoms with van der Waals surface area (Å²) in [4.78, 5) is 8.17. The number of benzene rings is 1. The van der Waals surface area contributed by atoms with Gasteiger partial charge in [0.1, 0.15) is 17.5 Å². The molecule has 4 N–H and O–H groups in total. The van der Waals surface area contributed by atoms with Crippen LogP contribution in [0.25, 0.3) is 0 Å². The molecule has 0 saturated carbocycles. The molecule has 0 bridgehead atoms. The maximum atomic E-state index is 13.2. The molecule has 0 spiro atoms. The Morgan fingerprint density at radius 3 is 2.67 bits per heavy atom. The van der Waals surface area contributed by atoms with E-state index in [0.717, 1.165) is 13.0 Å². The molecule has 112 valence electrons. The van der Waals surface area contributed by atoms with Gasteiger partial charge in [-0.3, -0.25) is 0 Å². The van der Waals surface area contributed by atoms with Gasteiger partial charge in [0, 0.05) is 17.1 Å². The van der Waals surface area contributed by atoms with E-state index in [0.29, 0.717) is 21.8 Å². The molecule has 2 aromatic rings. The van der Waals surface area contributed by atoms with Crippen molar-refractivity contribution in [2.24, 2.45) is 0 Å². The summed E-state index contributed by atoms with van der Waals surface area (Å²) in [6.07, 6.45) is 0.960. The quantitative estimate of drug-likeness (QED) is 0.732. The number of nitrogens with two attached hydrogens (primary N) is 1. The number of hydrogen-bond acceptors (Lipinski definition) is 5. The summed E-state index contributed by atoms with van der Waals surface area (Å²) in [5.74, 6) is 0.786. The van der Waals surface area contributed by atoms with E-state index in [1.165, 1.54) is 12.1 Å². The van der Waals surface area contributed by atoms with Crippen molar-refractivity contribution in [1.29, 1.82) is 0 Å². The van der Waals surface area contributed by atoms with Gasteiger partial charge in [0.25, 0.3) is 0 Å². The van der Waals surface area contributed by atoms with Crippen LogP contribution in [0.5, 0.6) is 0 Å². The molecule has 0 unspecified atom stereocenters. The zero-order chi connectivity index (χ0) is 15.4. The third-order valence-electron chi connectivity index (χ3n) is 2.56. The van der Waals surface area contributed by atoms with E-state index in [4.69, 9.17) is 17.3 Å². The van der Waals surface area contributed by atoms with Crippen LogP contribution in [0.15, 0.2) is 22.7 Å². The Morgan fingerprint density at radius 1 is 1.29 bits per heavy atom. The molecule has 1 aromatic heterocycles. The fourth-order valence-corrected chi connectivity index (χ4v) is 2.56. The molecule has 2 rings (SSSR count). The number of halogens is 3. The van der Waals surface area contributed by atoms with E-state index >= 15 is 0 Å². The minimum atomic E-state index is -0.426. The number of hydrogen-bond donors (Lipinski definition) is 3. The number of rotatable bonds is 5. The lowest BCUT2D eigenvalue weighted by molar-refractivity contribution is 0.627. The Labute approximate surface area is 135 Å². The smallest absolute Gasteiger partial charge is 0.223 e. The molecule has 21 heavy (non-hydrogen) atoms. The van der Waals surface area contributed by atoms with Crippen molar-refractivity contribution in [3.63, 3.8) is 0 Å². The maximum absolute atomic E-state index is 13.2. The summed E-state index contributed by atoms with van der Waals surface area (Å²) in [6.45, 7) is 2.82. The Balaban J connectivity index is 2.29. The van der Waals surface area contributed by atoms with Crippen molar-refractivity contribution in [3.8, 4) is 0 Å². The molecule has 8 heteroatoms. The Kier molecular flexibility index (Phi) is 5.19. The van der Waals surface area contributed by atoms with E-state index in [-0.39, 0.29) is 11.0 Å². The van der Waals surface area contributed by atoms with Crippen molar-refractivity contribution < 1.29 is 4.39 Å². The largest absolute Gasteiger partial charge is 0.370 e. The monoisotopic (exact) mass is 373 g/mol. The van der Waals surface area contributed by atoms with Crippen LogP contribution >= 0.6 is 27.5 Å². The maximum Gasteiger partial charge on any atom is 0.223 e. The van der Waals surface area contributed by atoms with Crippen molar-refractivity contribution in [1.82, 2.24) is 9.97 Å². The third kappa shape index (κ3) is 4.18. The van der Waals surface area contributed by atoms with E-state index < -0.39 is 5.82 Å². The first-order chi connectivity index (χ1) is 9.99. The second-order valence-electron chi connectivity index (χ2n) is 4.29. The van der Waals surface area contributed by atoms with Gasteiger partial charge < -0.3 is 16.4 Å². The summed E-state index contributed by atoms with van der Waals surface area (Å²) in [5.41, 5.74) is 6.19. The highest BCUT2D eigenvalue weighted by molar-refractivity contribution is 9.10. The molecular weight excluding hydrogens is 361 g/mol. The molecule has 0 aliphatic heterocycles. The summed E-state index contributed by atoms with van der Waals surface area (Å²) < 4.78 is 13.7. The van der Waals surface area contributed by atoms with Gasteiger partial charge in [0.2, 0.25) is 5.95 Å². The second kappa shape index (κ2) is 6.91. The van der Waals surface area contributed by atoms with Crippen molar-refractivity contribution in [2.75, 3.05) is 22.9 Å². The molecule has 0 saturated heterocycles. The van der Waals surface area contributed by atoms with Gasteiger partial charge in [-0.05, 0) is 34.5 Å². The van der Waals surface area contributed by atoms with Crippen LogP contribution in [0.4, 0.5) is 27.7 Å². The topological polar surface area (TPSA) is 75.9 Å². The van der Waals surface area contributed by atoms with Crippen LogP contribution in [0.2, 0.25) is 5.02 Å². The van der Waals surface area contributed by atoms with Gasteiger partial charge in [-0.2, -0.15) is 9.97 Å². The standard InChI is InChI=1S/C13H14BrClFN5/c1-2-3-18-10-6-11(21-13(17)20-10)19-12-8(14)4-7(16)5-9(12)15/h4-6H,2-3H2,1H3,(H4,17,18,19,20,21). The van der Waals surface area contributed by atoms with Gasteiger partial charge in [0.15, 0.2) is 0 Å². The number of nitrogen functional groups attached to an aromatic ring is 1. The van der Waals surface area contributed by atoms with Gasteiger partial charge >= 0.3 is 0 Å². The number of nitrogens with one attached hydrogen (secondary N) is 2. The SMILES string of the molecule is CCCNc1cc(Nc2c(Cl)cc(F)cc2Br)nc(N)n1. The van der Waals surface area contributed by atoms with Crippen LogP contribution < -0.4 is 16.4 Å². The minimum absolute atomic E-state index is 0.132. The molecule has 0 radical (unpaired) electrons. The molecule has 1 aromatic carbocycles. The van der Waals surface area contributed by atoms with E-state index in [1.54, 1.807) is 6.07 Å². The number of anilines is 4. The Bertz CT molecular complexity index is 629. The van der Waals surface area contributed by atoms with E-state index in [9.17, 15) is 4.39 Å². The van der Waals surface area contributed by atoms with Crippen LogP contribution in [0.3, 0.4) is 0 Å². The van der Waals surface area contributed by atoms with Crippen molar-refractivity contribution in [2.45, 2.75) is 13.3 Å². The molecule has 0 aliphatic rings. The molecule has 1 heterocycles. The average Bonchev–Trinajstić information content (AvgIpc) is 2.40. The molecule has 0 atom stereocenters. The highest BCUT2D eigenvalue weighted by atomic mass is 79.9. The molecule has 0 amide bonds. The highest BCUT2D eigenvalue weighted by Crippen LogP contribution is 2.34. The third-order valence-corrected chi connectivity index (χ3v) is 3.48. The van der Waals surface area contributed by atoms with Gasteiger partial charge in [-0.1, -0.05) is 18.5 Å². The van der Waals surface area contributed by atoms with Crippen molar-refractivity contribution in [3.05, 3.63) is 33.5 Å². The lowest BCUT2D eigenvalue weighted by atomic mass is 10.3. The van der Waals surface area contributed by atoms with Crippen molar-refractivity contribution >= 4 is 50.8 Å². The van der Waals surface area contributed by atoms with Crippen LogP contribution in [0, 0.1) is 5.82 Å². The number of aromatic nitrogens is 2. The van der Waals surface area contributed by atoms with Gasteiger partial charge in [-0.25, -0.2) is 4.39 Å². The first-order valence-electron chi connectivity index (χ1n) is 6.29. The minimum Gasteiger partial charge on any atom is -0.370 e. The fourth-order valence-electron chi connectivity index (χ4n) is 1.66. The lowest BCUT2D eigenvalue weighted by Crippen LogP contribution is -2.07. The Morgan fingerprint density at radius 2 is 2.00 bits per heavy atom. The zero-order valence-electron chi connectivity index (χ0n) is 11.3.